The van der Waals surface area contributed by atoms with E-state index in [9.17, 15) is 19.8 Å². The summed E-state index contributed by atoms with van der Waals surface area (Å²) in [5.41, 5.74) is 5.08. The van der Waals surface area contributed by atoms with Gasteiger partial charge in [-0.3, -0.25) is 4.79 Å². The van der Waals surface area contributed by atoms with Gasteiger partial charge in [-0.15, -0.1) is 11.3 Å². The first kappa shape index (κ1) is 12.6. The molecular weight excluding hydrogens is 234 g/mol. The van der Waals surface area contributed by atoms with Gasteiger partial charge in [-0.2, -0.15) is 0 Å². The fourth-order valence-corrected chi connectivity index (χ4v) is 1.91. The van der Waals surface area contributed by atoms with Crippen molar-refractivity contribution in [2.75, 3.05) is 7.11 Å². The maximum atomic E-state index is 11.1. The van der Waals surface area contributed by atoms with E-state index in [0.717, 1.165) is 11.3 Å². The zero-order chi connectivity index (χ0) is 12.3. The smallest absolute Gasteiger partial charge is 0.348 e. The van der Waals surface area contributed by atoms with E-state index in [1.54, 1.807) is 0 Å². The van der Waals surface area contributed by atoms with E-state index in [1.165, 1.54) is 18.6 Å². The Morgan fingerprint density at radius 3 is 2.62 bits per heavy atom. The quantitative estimate of drug-likeness (QED) is 0.614. The second-order valence-electron chi connectivity index (χ2n) is 3.03. The lowest BCUT2D eigenvalue weighted by Gasteiger charge is -2.12. The Morgan fingerprint density at radius 2 is 2.12 bits per heavy atom. The molecule has 0 spiro atoms. The molecule has 0 aliphatic rings. The number of carbonyl (C=O) groups is 2. The summed E-state index contributed by atoms with van der Waals surface area (Å²) in [6, 6.07) is 1.34. The third kappa shape index (κ3) is 2.57. The van der Waals surface area contributed by atoms with Crippen molar-refractivity contribution in [3.8, 4) is 0 Å². The van der Waals surface area contributed by atoms with Crippen LogP contribution in [-0.4, -0.2) is 35.3 Å². The van der Waals surface area contributed by atoms with E-state index >= 15 is 0 Å². The molecule has 2 atom stereocenters. The number of ether oxygens (including phenoxy) is 1. The summed E-state index contributed by atoms with van der Waals surface area (Å²) < 4.78 is 4.47. The van der Waals surface area contributed by atoms with Gasteiger partial charge in [-0.25, -0.2) is 4.79 Å². The molecule has 6 nitrogen and oxygen atoms in total. The highest BCUT2D eigenvalue weighted by atomic mass is 32.1. The Labute approximate surface area is 95.3 Å². The number of rotatable bonds is 4. The van der Waals surface area contributed by atoms with E-state index in [0.29, 0.717) is 0 Å². The molecule has 0 fully saturated rings. The van der Waals surface area contributed by atoms with Crippen molar-refractivity contribution in [2.45, 2.75) is 12.2 Å². The fourth-order valence-electron chi connectivity index (χ4n) is 1.05. The summed E-state index contributed by atoms with van der Waals surface area (Å²) in [6.07, 6.45) is -3.13. The molecule has 1 rings (SSSR count). The Bertz CT molecular complexity index is 402. The van der Waals surface area contributed by atoms with Gasteiger partial charge >= 0.3 is 5.97 Å². The number of thiophene rings is 1. The number of hydrogen-bond acceptors (Lipinski definition) is 6. The lowest BCUT2D eigenvalue weighted by molar-refractivity contribution is -0.131. The highest BCUT2D eigenvalue weighted by Gasteiger charge is 2.25. The molecule has 0 saturated heterocycles. The maximum absolute atomic E-state index is 11.1. The second kappa shape index (κ2) is 5.06. The van der Waals surface area contributed by atoms with Crippen LogP contribution in [0.15, 0.2) is 11.4 Å². The van der Waals surface area contributed by atoms with Gasteiger partial charge in [0.05, 0.1) is 7.11 Å². The largest absolute Gasteiger partial charge is 0.465 e. The summed E-state index contributed by atoms with van der Waals surface area (Å²) in [6.45, 7) is 0. The molecule has 0 aliphatic carbocycles. The van der Waals surface area contributed by atoms with Crippen LogP contribution in [0.4, 0.5) is 0 Å². The zero-order valence-corrected chi connectivity index (χ0v) is 9.23. The molecule has 2 unspecified atom stereocenters. The SMILES string of the molecule is COC(=O)c1cc(C(O)C(O)C(N)=O)cs1. The molecule has 7 heteroatoms. The van der Waals surface area contributed by atoms with Crippen LogP contribution in [0.1, 0.15) is 21.3 Å². The molecule has 1 aromatic heterocycles. The van der Waals surface area contributed by atoms with Crippen molar-refractivity contribution in [2.24, 2.45) is 5.73 Å². The molecule has 1 amide bonds. The van der Waals surface area contributed by atoms with Crippen LogP contribution in [0.3, 0.4) is 0 Å². The highest BCUT2D eigenvalue weighted by Crippen LogP contribution is 2.23. The van der Waals surface area contributed by atoms with Crippen LogP contribution >= 0.6 is 11.3 Å². The minimum absolute atomic E-state index is 0.247. The molecular formula is C9H11NO5S. The first-order valence-electron chi connectivity index (χ1n) is 4.29. The number of aliphatic hydroxyl groups excluding tert-OH is 2. The number of amides is 1. The Morgan fingerprint density at radius 1 is 1.50 bits per heavy atom. The summed E-state index contributed by atoms with van der Waals surface area (Å²) in [5.74, 6) is -1.57. The van der Waals surface area contributed by atoms with Gasteiger partial charge in [-0.05, 0) is 17.0 Å². The lowest BCUT2D eigenvalue weighted by Crippen LogP contribution is -2.33. The lowest BCUT2D eigenvalue weighted by atomic mass is 10.1. The number of nitrogens with two attached hydrogens (primary N) is 1. The van der Waals surface area contributed by atoms with E-state index < -0.39 is 24.1 Å². The van der Waals surface area contributed by atoms with E-state index in [2.05, 4.69) is 4.74 Å². The van der Waals surface area contributed by atoms with Crippen LogP contribution < -0.4 is 5.73 Å². The minimum Gasteiger partial charge on any atom is -0.465 e. The summed E-state index contributed by atoms with van der Waals surface area (Å²) >= 11 is 1.04. The molecule has 0 aromatic carbocycles. The van der Waals surface area contributed by atoms with Crippen molar-refractivity contribution < 1.29 is 24.5 Å². The van der Waals surface area contributed by atoms with Gasteiger partial charge in [0.15, 0.2) is 6.10 Å². The number of hydrogen-bond donors (Lipinski definition) is 3. The number of carbonyl (C=O) groups excluding carboxylic acids is 2. The highest BCUT2D eigenvalue weighted by molar-refractivity contribution is 7.12. The molecule has 16 heavy (non-hydrogen) atoms. The molecule has 1 aromatic rings. The van der Waals surface area contributed by atoms with Gasteiger partial charge in [-0.1, -0.05) is 0 Å². The predicted molar refractivity (Wildman–Crippen MR) is 55.8 cm³/mol. The third-order valence-corrected chi connectivity index (χ3v) is 2.87. The molecule has 0 radical (unpaired) electrons. The molecule has 1 heterocycles. The third-order valence-electron chi connectivity index (χ3n) is 1.94. The molecule has 88 valence electrons. The van der Waals surface area contributed by atoms with Crippen LogP contribution in [0.25, 0.3) is 0 Å². The Kier molecular flexibility index (Phi) is 3.99. The molecule has 0 aliphatic heterocycles. The van der Waals surface area contributed by atoms with Crippen LogP contribution in [0, 0.1) is 0 Å². The molecule has 4 N–H and O–H groups in total. The minimum atomic E-state index is -1.69. The summed E-state index contributed by atoms with van der Waals surface area (Å²) in [4.78, 5) is 22.0. The van der Waals surface area contributed by atoms with Crippen molar-refractivity contribution in [1.29, 1.82) is 0 Å². The normalized spacial score (nSPS) is 14.2. The van der Waals surface area contributed by atoms with Crippen molar-refractivity contribution in [1.82, 2.24) is 0 Å². The second-order valence-corrected chi connectivity index (χ2v) is 3.94. The van der Waals surface area contributed by atoms with Gasteiger partial charge in [0.2, 0.25) is 5.91 Å². The monoisotopic (exact) mass is 245 g/mol. The summed E-state index contributed by atoms with van der Waals surface area (Å²) in [5, 5.41) is 20.2. The van der Waals surface area contributed by atoms with Crippen molar-refractivity contribution >= 4 is 23.2 Å². The number of aliphatic hydroxyl groups is 2. The standard InChI is InChI=1S/C9H11NO5S/c1-15-9(14)5-2-4(3-16-5)6(11)7(12)8(10)13/h2-3,6-7,11-12H,1H3,(H2,10,13). The van der Waals surface area contributed by atoms with Gasteiger partial charge < -0.3 is 20.7 Å². The van der Waals surface area contributed by atoms with Gasteiger partial charge in [0.25, 0.3) is 0 Å². The first-order valence-corrected chi connectivity index (χ1v) is 5.17. The van der Waals surface area contributed by atoms with Crippen LogP contribution in [-0.2, 0) is 9.53 Å². The number of primary amides is 1. The number of esters is 1. The average Bonchev–Trinajstić information content (AvgIpc) is 2.75. The van der Waals surface area contributed by atoms with Crippen LogP contribution in [0.2, 0.25) is 0 Å². The maximum Gasteiger partial charge on any atom is 0.348 e. The van der Waals surface area contributed by atoms with Gasteiger partial charge in [0, 0.05) is 0 Å². The molecule has 0 bridgehead atoms. The van der Waals surface area contributed by atoms with Crippen LogP contribution in [0.5, 0.6) is 0 Å². The van der Waals surface area contributed by atoms with Crippen molar-refractivity contribution in [3.05, 3.63) is 21.9 Å². The van der Waals surface area contributed by atoms with E-state index in [1.807, 2.05) is 0 Å². The van der Waals surface area contributed by atoms with Gasteiger partial charge in [0.1, 0.15) is 11.0 Å². The Hall–Kier alpha value is -1.44. The summed E-state index contributed by atoms with van der Waals surface area (Å²) in [7, 11) is 1.23. The van der Waals surface area contributed by atoms with E-state index in [-0.39, 0.29) is 10.4 Å². The fraction of sp³-hybridized carbons (Fsp3) is 0.333. The van der Waals surface area contributed by atoms with Crippen molar-refractivity contribution in [3.63, 3.8) is 0 Å². The zero-order valence-electron chi connectivity index (χ0n) is 8.41. The first-order chi connectivity index (χ1) is 7.47. The Balaban J connectivity index is 2.85. The molecule has 0 saturated carbocycles. The number of methoxy groups -OCH3 is 1. The topological polar surface area (TPSA) is 110 Å². The van der Waals surface area contributed by atoms with E-state index in [4.69, 9.17) is 5.73 Å². The average molecular weight is 245 g/mol. The predicted octanol–water partition coefficient (Wildman–Crippen LogP) is -0.586.